The summed E-state index contributed by atoms with van der Waals surface area (Å²) in [6, 6.07) is 7.44. The van der Waals surface area contributed by atoms with Crippen molar-refractivity contribution in [1.82, 2.24) is 15.3 Å². The van der Waals surface area contributed by atoms with E-state index in [1.54, 1.807) is 11.4 Å². The first-order valence-corrected chi connectivity index (χ1v) is 7.19. The first-order chi connectivity index (χ1) is 11.2. The summed E-state index contributed by atoms with van der Waals surface area (Å²) in [6.07, 6.45) is -3.05. The van der Waals surface area contributed by atoms with Crippen LogP contribution in [0.2, 0.25) is 0 Å². The number of halogens is 3. The van der Waals surface area contributed by atoms with Crippen molar-refractivity contribution in [2.24, 2.45) is 0 Å². The summed E-state index contributed by atoms with van der Waals surface area (Å²) in [7, 11) is 0. The van der Waals surface area contributed by atoms with Gasteiger partial charge in [0.1, 0.15) is 18.6 Å². The summed E-state index contributed by atoms with van der Waals surface area (Å²) in [5, 5.41) is 1.80. The van der Waals surface area contributed by atoms with Crippen molar-refractivity contribution in [2.75, 3.05) is 6.54 Å². The van der Waals surface area contributed by atoms with Crippen LogP contribution in [0, 0.1) is 0 Å². The topological polar surface area (TPSA) is 64.1 Å². The molecule has 0 aliphatic rings. The molecule has 0 atom stereocenters. The Morgan fingerprint density at radius 1 is 1.21 bits per heavy atom. The van der Waals surface area contributed by atoms with Crippen LogP contribution in [0.25, 0.3) is 0 Å². The average Bonchev–Trinajstić information content (AvgIpc) is 2.53. The molecular formula is C16H16F3N3O2. The number of alkyl halides is 3. The molecule has 0 saturated heterocycles. The Balaban J connectivity index is 2.02. The molecule has 2 rings (SSSR count). The first-order valence-electron chi connectivity index (χ1n) is 7.19. The van der Waals surface area contributed by atoms with E-state index >= 15 is 0 Å². The van der Waals surface area contributed by atoms with Gasteiger partial charge in [-0.2, -0.15) is 13.2 Å². The lowest BCUT2D eigenvalue weighted by Gasteiger charge is -2.10. The number of ether oxygens (including phenoxy) is 1. The standard InChI is InChI=1S/C16H16F3N3O2/c1-10(2)13-7-14(22-9-21-13)24-12-5-3-11(4-6-12)15(23)20-8-16(17,18)19/h3-7,9-10H,8H2,1-2H3,(H,20,23). The summed E-state index contributed by atoms with van der Waals surface area (Å²) in [5.41, 5.74) is 0.931. The molecule has 8 heteroatoms. The zero-order valence-corrected chi connectivity index (χ0v) is 13.1. The molecule has 0 bridgehead atoms. The van der Waals surface area contributed by atoms with Crippen LogP contribution in [-0.2, 0) is 0 Å². The second kappa shape index (κ2) is 7.29. The molecule has 0 fully saturated rings. The van der Waals surface area contributed by atoms with Crippen LogP contribution in [-0.4, -0.2) is 28.6 Å². The fraction of sp³-hybridized carbons (Fsp3) is 0.312. The third-order valence-corrected chi connectivity index (χ3v) is 3.04. The Morgan fingerprint density at radius 2 is 1.88 bits per heavy atom. The maximum atomic E-state index is 12.1. The molecule has 0 unspecified atom stereocenters. The Kier molecular flexibility index (Phi) is 5.38. The molecule has 0 aliphatic heterocycles. The normalized spacial score (nSPS) is 11.4. The van der Waals surface area contributed by atoms with Gasteiger partial charge in [-0.1, -0.05) is 13.8 Å². The number of rotatable bonds is 5. The molecule has 2 aromatic rings. The lowest BCUT2D eigenvalue weighted by Crippen LogP contribution is -2.33. The maximum absolute atomic E-state index is 12.1. The van der Waals surface area contributed by atoms with Gasteiger partial charge in [0.25, 0.3) is 5.91 Å². The van der Waals surface area contributed by atoms with E-state index in [-0.39, 0.29) is 11.5 Å². The average molecular weight is 339 g/mol. The number of hydrogen-bond donors (Lipinski definition) is 1. The van der Waals surface area contributed by atoms with E-state index in [2.05, 4.69) is 9.97 Å². The molecule has 0 aliphatic carbocycles. The van der Waals surface area contributed by atoms with Gasteiger partial charge < -0.3 is 10.1 Å². The third kappa shape index (κ3) is 5.22. The Hall–Kier alpha value is -2.64. The van der Waals surface area contributed by atoms with Crippen molar-refractivity contribution < 1.29 is 22.7 Å². The minimum atomic E-state index is -4.44. The van der Waals surface area contributed by atoms with Crippen molar-refractivity contribution in [1.29, 1.82) is 0 Å². The van der Waals surface area contributed by atoms with Crippen LogP contribution in [0.4, 0.5) is 13.2 Å². The predicted molar refractivity (Wildman–Crippen MR) is 81.0 cm³/mol. The number of nitrogens with one attached hydrogen (secondary N) is 1. The van der Waals surface area contributed by atoms with Gasteiger partial charge in [-0.25, -0.2) is 9.97 Å². The Morgan fingerprint density at radius 3 is 2.46 bits per heavy atom. The van der Waals surface area contributed by atoms with E-state index in [1.165, 1.54) is 30.6 Å². The van der Waals surface area contributed by atoms with Gasteiger partial charge in [-0.3, -0.25) is 4.79 Å². The van der Waals surface area contributed by atoms with Gasteiger partial charge in [0.2, 0.25) is 5.88 Å². The zero-order chi connectivity index (χ0) is 17.7. The van der Waals surface area contributed by atoms with Crippen LogP contribution in [0.5, 0.6) is 11.6 Å². The number of aromatic nitrogens is 2. The van der Waals surface area contributed by atoms with Gasteiger partial charge in [-0.15, -0.1) is 0 Å². The summed E-state index contributed by atoms with van der Waals surface area (Å²) >= 11 is 0. The number of amides is 1. The van der Waals surface area contributed by atoms with Crippen molar-refractivity contribution in [2.45, 2.75) is 25.9 Å². The number of benzene rings is 1. The molecule has 0 radical (unpaired) electrons. The fourth-order valence-electron chi connectivity index (χ4n) is 1.80. The molecule has 5 nitrogen and oxygen atoms in total. The molecule has 0 saturated carbocycles. The quantitative estimate of drug-likeness (QED) is 0.902. The summed E-state index contributed by atoms with van der Waals surface area (Å²) in [4.78, 5) is 19.7. The Bertz CT molecular complexity index is 700. The van der Waals surface area contributed by atoms with Gasteiger partial charge in [0.15, 0.2) is 0 Å². The van der Waals surface area contributed by atoms with Crippen molar-refractivity contribution in [3.63, 3.8) is 0 Å². The highest BCUT2D eigenvalue weighted by molar-refractivity contribution is 5.94. The van der Waals surface area contributed by atoms with E-state index in [1.807, 2.05) is 13.8 Å². The molecule has 128 valence electrons. The van der Waals surface area contributed by atoms with Crippen molar-refractivity contribution in [3.05, 3.63) is 47.9 Å². The maximum Gasteiger partial charge on any atom is 0.405 e. The summed E-state index contributed by atoms with van der Waals surface area (Å²) in [5.74, 6) is 0.178. The molecule has 1 amide bonds. The lowest BCUT2D eigenvalue weighted by atomic mass is 10.1. The van der Waals surface area contributed by atoms with Crippen LogP contribution in [0.3, 0.4) is 0 Å². The first kappa shape index (κ1) is 17.7. The van der Waals surface area contributed by atoms with Crippen molar-refractivity contribution in [3.8, 4) is 11.6 Å². The molecule has 1 aromatic heterocycles. The van der Waals surface area contributed by atoms with Crippen LogP contribution in [0.1, 0.15) is 35.8 Å². The number of carbonyl (C=O) groups is 1. The highest BCUT2D eigenvalue weighted by atomic mass is 19.4. The predicted octanol–water partition coefficient (Wildman–Crippen LogP) is 3.68. The minimum Gasteiger partial charge on any atom is -0.439 e. The lowest BCUT2D eigenvalue weighted by molar-refractivity contribution is -0.123. The molecule has 1 N–H and O–H groups in total. The van der Waals surface area contributed by atoms with E-state index < -0.39 is 18.6 Å². The van der Waals surface area contributed by atoms with Gasteiger partial charge in [0, 0.05) is 11.6 Å². The molecule has 24 heavy (non-hydrogen) atoms. The highest BCUT2D eigenvalue weighted by Gasteiger charge is 2.27. The fourth-order valence-corrected chi connectivity index (χ4v) is 1.80. The number of carbonyl (C=O) groups excluding carboxylic acids is 1. The molecule has 1 heterocycles. The number of hydrogen-bond acceptors (Lipinski definition) is 4. The van der Waals surface area contributed by atoms with E-state index in [0.29, 0.717) is 11.6 Å². The van der Waals surface area contributed by atoms with Crippen molar-refractivity contribution >= 4 is 5.91 Å². The second-order valence-corrected chi connectivity index (χ2v) is 5.36. The largest absolute Gasteiger partial charge is 0.439 e. The second-order valence-electron chi connectivity index (χ2n) is 5.36. The van der Waals surface area contributed by atoms with Crippen LogP contribution < -0.4 is 10.1 Å². The van der Waals surface area contributed by atoms with Gasteiger partial charge in [-0.05, 0) is 30.2 Å². The summed E-state index contributed by atoms with van der Waals surface area (Å²) < 4.78 is 41.8. The van der Waals surface area contributed by atoms with E-state index in [0.717, 1.165) is 5.69 Å². The molecular weight excluding hydrogens is 323 g/mol. The zero-order valence-electron chi connectivity index (χ0n) is 13.1. The van der Waals surface area contributed by atoms with E-state index in [4.69, 9.17) is 4.74 Å². The monoisotopic (exact) mass is 339 g/mol. The minimum absolute atomic E-state index is 0.108. The Labute approximate surface area is 136 Å². The SMILES string of the molecule is CC(C)c1cc(Oc2ccc(C(=O)NCC(F)(F)F)cc2)ncn1. The van der Waals surface area contributed by atoms with Gasteiger partial charge >= 0.3 is 6.18 Å². The van der Waals surface area contributed by atoms with E-state index in [9.17, 15) is 18.0 Å². The smallest absolute Gasteiger partial charge is 0.405 e. The van der Waals surface area contributed by atoms with Crippen LogP contribution >= 0.6 is 0 Å². The summed E-state index contributed by atoms with van der Waals surface area (Å²) in [6.45, 7) is 2.60. The van der Waals surface area contributed by atoms with Gasteiger partial charge in [0.05, 0.1) is 5.69 Å². The highest BCUT2D eigenvalue weighted by Crippen LogP contribution is 2.22. The van der Waals surface area contributed by atoms with Crippen LogP contribution in [0.15, 0.2) is 36.7 Å². The molecule has 1 aromatic carbocycles. The number of nitrogens with zero attached hydrogens (tertiary/aromatic N) is 2. The molecule has 0 spiro atoms. The third-order valence-electron chi connectivity index (χ3n) is 3.04.